The van der Waals surface area contributed by atoms with E-state index in [2.05, 4.69) is 23.6 Å². The van der Waals surface area contributed by atoms with Gasteiger partial charge < -0.3 is 18.9 Å². The number of rotatable bonds is 16. The van der Waals surface area contributed by atoms with Gasteiger partial charge in [-0.2, -0.15) is 0 Å². The van der Waals surface area contributed by atoms with Gasteiger partial charge in [-0.15, -0.1) is 6.58 Å². The number of hydrogen-bond acceptors (Lipinski definition) is 8. The minimum absolute atomic E-state index is 0.0525. The lowest BCUT2D eigenvalue weighted by Crippen LogP contribution is -2.68. The molecule has 5 aromatic rings. The molecule has 0 unspecified atom stereocenters. The monoisotopic (exact) mass is 698 g/mol. The second-order valence-corrected chi connectivity index (χ2v) is 12.6. The largest absolute Gasteiger partial charge is 0.460 e. The van der Waals surface area contributed by atoms with E-state index in [0.29, 0.717) is 19.8 Å². The molecule has 266 valence electrons. The predicted molar refractivity (Wildman–Crippen MR) is 198 cm³/mol. The average Bonchev–Trinajstić information content (AvgIpc) is 3.19. The van der Waals surface area contributed by atoms with Crippen molar-refractivity contribution < 1.29 is 28.7 Å². The van der Waals surface area contributed by atoms with E-state index in [1.165, 1.54) is 24.3 Å². The molecule has 1 saturated heterocycles. The molecule has 0 spiro atoms. The molecule has 6 rings (SSSR count). The van der Waals surface area contributed by atoms with Gasteiger partial charge in [-0.1, -0.05) is 127 Å². The van der Waals surface area contributed by atoms with E-state index in [4.69, 9.17) is 18.9 Å². The highest BCUT2D eigenvalue weighted by Crippen LogP contribution is 2.35. The zero-order chi connectivity index (χ0) is 36.1. The Kier molecular flexibility index (Phi) is 12.7. The molecule has 0 aromatic heterocycles. The first-order valence-electron chi connectivity index (χ1n) is 17.3. The quantitative estimate of drug-likeness (QED) is 0.0443. The Labute approximate surface area is 304 Å². The van der Waals surface area contributed by atoms with Crippen LogP contribution in [-0.4, -0.2) is 52.8 Å². The number of benzene rings is 5. The van der Waals surface area contributed by atoms with Crippen molar-refractivity contribution in [2.45, 2.75) is 56.8 Å². The van der Waals surface area contributed by atoms with E-state index >= 15 is 0 Å². The number of nitrogens with zero attached hydrogens (tertiary/aromatic N) is 2. The number of nitro groups is 1. The molecule has 0 aliphatic carbocycles. The minimum atomic E-state index is -0.630. The molecule has 1 aliphatic heterocycles. The lowest BCUT2D eigenvalue weighted by atomic mass is 9.86. The average molecular weight is 699 g/mol. The Bertz CT molecular complexity index is 1860. The van der Waals surface area contributed by atoms with E-state index in [1.54, 1.807) is 0 Å². The molecule has 0 radical (unpaired) electrons. The zero-order valence-corrected chi connectivity index (χ0v) is 28.8. The molecule has 0 bridgehead atoms. The summed E-state index contributed by atoms with van der Waals surface area (Å²) in [7, 11) is 0. The number of nitro benzene ring substituents is 1. The first kappa shape index (κ1) is 36.3. The summed E-state index contributed by atoms with van der Waals surface area (Å²) >= 11 is 0. The maximum atomic E-state index is 13.5. The van der Waals surface area contributed by atoms with Crippen molar-refractivity contribution in [3.63, 3.8) is 0 Å². The molecule has 9 nitrogen and oxygen atoms in total. The van der Waals surface area contributed by atoms with E-state index < -0.39 is 35.2 Å². The second-order valence-electron chi connectivity index (χ2n) is 12.6. The first-order chi connectivity index (χ1) is 25.5. The number of esters is 1. The Morgan fingerprint density at radius 3 is 1.54 bits per heavy atom. The molecule has 52 heavy (non-hydrogen) atoms. The van der Waals surface area contributed by atoms with Crippen LogP contribution in [-0.2, 0) is 45.3 Å². The van der Waals surface area contributed by atoms with Gasteiger partial charge in [0.1, 0.15) is 24.9 Å². The third kappa shape index (κ3) is 9.45. The predicted octanol–water partition coefficient (Wildman–Crippen LogP) is 7.95. The topological polar surface area (TPSA) is 100 Å². The van der Waals surface area contributed by atoms with Gasteiger partial charge in [0.25, 0.3) is 5.69 Å². The van der Waals surface area contributed by atoms with Gasteiger partial charge in [-0.3, -0.25) is 15.0 Å². The fourth-order valence-electron chi connectivity index (χ4n) is 6.53. The van der Waals surface area contributed by atoms with Crippen LogP contribution >= 0.6 is 0 Å². The van der Waals surface area contributed by atoms with E-state index in [9.17, 15) is 14.9 Å². The summed E-state index contributed by atoms with van der Waals surface area (Å²) in [6, 6.07) is 44.4. The summed E-state index contributed by atoms with van der Waals surface area (Å²) in [5, 5.41) is 11.2. The van der Waals surface area contributed by atoms with Crippen molar-refractivity contribution in [1.29, 1.82) is 0 Å². The van der Waals surface area contributed by atoms with Gasteiger partial charge in [0, 0.05) is 18.7 Å². The number of likely N-dealkylation sites (tertiary alicyclic amines) is 1. The van der Waals surface area contributed by atoms with Crippen LogP contribution in [0, 0.1) is 10.1 Å². The standard InChI is InChI=1S/C43H42N2O7/c1-2-38-40(49-28-33-17-9-4-10-18-33)42(51-30-35-21-13-6-14-22-35)41(50-29-34-19-11-5-12-20-34)39(44(38)27-32-15-7-3-8-16-32)31-52-43(46)36-23-25-37(26-24-36)45(47)48/h2-26,38-42H,1,27-31H2/t38-,39-,40-,41+,42+/m0/s1. The molecule has 9 heteroatoms. The summed E-state index contributed by atoms with van der Waals surface area (Å²) in [4.78, 5) is 26.4. The van der Waals surface area contributed by atoms with Crippen molar-refractivity contribution in [3.05, 3.63) is 196 Å². The fraction of sp³-hybridized carbons (Fsp3) is 0.233. The van der Waals surface area contributed by atoms with Crippen molar-refractivity contribution in [1.82, 2.24) is 4.90 Å². The maximum Gasteiger partial charge on any atom is 0.338 e. The Morgan fingerprint density at radius 2 is 1.08 bits per heavy atom. The number of carbonyl (C=O) groups excluding carboxylic acids is 1. The van der Waals surface area contributed by atoms with E-state index in [0.717, 1.165) is 22.3 Å². The Balaban J connectivity index is 1.38. The number of piperidine rings is 1. The summed E-state index contributed by atoms with van der Waals surface area (Å²) in [5.41, 5.74) is 4.14. The molecule has 0 saturated carbocycles. The van der Waals surface area contributed by atoms with Gasteiger partial charge in [-0.25, -0.2) is 4.79 Å². The molecule has 5 aromatic carbocycles. The number of hydrogen-bond donors (Lipinski definition) is 0. The van der Waals surface area contributed by atoms with Crippen LogP contribution in [0.1, 0.15) is 32.6 Å². The van der Waals surface area contributed by atoms with Crippen LogP contribution in [0.5, 0.6) is 0 Å². The maximum absolute atomic E-state index is 13.5. The highest BCUT2D eigenvalue weighted by atomic mass is 16.6. The molecule has 0 N–H and O–H groups in total. The summed E-state index contributed by atoms with van der Waals surface area (Å²) in [6.45, 7) is 5.63. The van der Waals surface area contributed by atoms with Crippen LogP contribution in [0.3, 0.4) is 0 Å². The normalized spacial score (nSPS) is 20.2. The second kappa shape index (κ2) is 18.2. The Hall–Kier alpha value is -5.45. The van der Waals surface area contributed by atoms with Crippen LogP contribution in [0.4, 0.5) is 5.69 Å². The number of ether oxygens (including phenoxy) is 4. The van der Waals surface area contributed by atoms with Crippen LogP contribution in [0.15, 0.2) is 158 Å². The molecule has 1 heterocycles. The summed E-state index contributed by atoms with van der Waals surface area (Å²) in [5.74, 6) is -0.601. The van der Waals surface area contributed by atoms with Crippen LogP contribution in [0.25, 0.3) is 0 Å². The van der Waals surface area contributed by atoms with E-state index in [1.807, 2.05) is 115 Å². The van der Waals surface area contributed by atoms with Crippen molar-refractivity contribution in [2.24, 2.45) is 0 Å². The molecule has 5 atom stereocenters. The number of carbonyl (C=O) groups is 1. The highest BCUT2D eigenvalue weighted by molar-refractivity contribution is 5.89. The summed E-state index contributed by atoms with van der Waals surface area (Å²) < 4.78 is 26.5. The smallest absolute Gasteiger partial charge is 0.338 e. The van der Waals surface area contributed by atoms with Gasteiger partial charge in [0.2, 0.25) is 0 Å². The van der Waals surface area contributed by atoms with Crippen LogP contribution in [0.2, 0.25) is 0 Å². The van der Waals surface area contributed by atoms with Crippen molar-refractivity contribution in [3.8, 4) is 0 Å². The van der Waals surface area contributed by atoms with Gasteiger partial charge in [-0.05, 0) is 34.4 Å². The third-order valence-electron chi connectivity index (χ3n) is 9.18. The molecule has 1 aliphatic rings. The van der Waals surface area contributed by atoms with Crippen molar-refractivity contribution in [2.75, 3.05) is 6.61 Å². The third-order valence-corrected chi connectivity index (χ3v) is 9.18. The molecule has 0 amide bonds. The zero-order valence-electron chi connectivity index (χ0n) is 28.8. The van der Waals surface area contributed by atoms with Crippen molar-refractivity contribution >= 4 is 11.7 Å². The van der Waals surface area contributed by atoms with Gasteiger partial charge in [0.15, 0.2) is 0 Å². The lowest BCUT2D eigenvalue weighted by molar-refractivity contribution is -0.384. The fourth-order valence-corrected chi connectivity index (χ4v) is 6.53. The van der Waals surface area contributed by atoms with Crippen LogP contribution < -0.4 is 0 Å². The highest BCUT2D eigenvalue weighted by Gasteiger charge is 2.51. The lowest BCUT2D eigenvalue weighted by Gasteiger charge is -2.52. The molecular weight excluding hydrogens is 656 g/mol. The molecular formula is C43H42N2O7. The Morgan fingerprint density at radius 1 is 0.635 bits per heavy atom. The minimum Gasteiger partial charge on any atom is -0.460 e. The summed E-state index contributed by atoms with van der Waals surface area (Å²) in [6.07, 6.45) is 0.114. The van der Waals surface area contributed by atoms with Gasteiger partial charge in [0.05, 0.1) is 42.4 Å². The van der Waals surface area contributed by atoms with E-state index in [-0.39, 0.29) is 30.5 Å². The first-order valence-corrected chi connectivity index (χ1v) is 17.3. The molecule has 1 fully saturated rings. The number of non-ortho nitro benzene ring substituents is 1. The van der Waals surface area contributed by atoms with Gasteiger partial charge >= 0.3 is 5.97 Å². The SMILES string of the molecule is C=C[C@H]1[C@H](OCc2ccccc2)[C@@H](OCc2ccccc2)[C@H](OCc2ccccc2)[C@H](COC(=O)c2ccc([N+](=O)[O-])cc2)N1Cc1ccccc1.